The average Bonchev–Trinajstić information content (AvgIpc) is 2.84. The molecule has 0 saturated carbocycles. The van der Waals surface area contributed by atoms with Crippen molar-refractivity contribution in [1.29, 1.82) is 0 Å². The molecule has 0 unspecified atom stereocenters. The van der Waals surface area contributed by atoms with E-state index in [4.69, 9.17) is 16.7 Å². The van der Waals surface area contributed by atoms with Gasteiger partial charge in [-0.05, 0) is 24.3 Å². The van der Waals surface area contributed by atoms with E-state index < -0.39 is 10.0 Å². The Morgan fingerprint density at radius 1 is 1.43 bits per heavy atom. The maximum atomic E-state index is 12.3. The average molecular weight is 326 g/mol. The van der Waals surface area contributed by atoms with E-state index in [2.05, 4.69) is 21.7 Å². The lowest BCUT2D eigenvalue weighted by atomic mass is 10.2. The molecule has 1 aromatic heterocycles. The van der Waals surface area contributed by atoms with Crippen LogP contribution in [0.3, 0.4) is 0 Å². The van der Waals surface area contributed by atoms with Gasteiger partial charge in [0, 0.05) is 17.6 Å². The first-order chi connectivity index (χ1) is 9.94. The van der Waals surface area contributed by atoms with E-state index in [1.54, 1.807) is 12.1 Å². The molecule has 0 fully saturated rings. The van der Waals surface area contributed by atoms with Gasteiger partial charge >= 0.3 is 0 Å². The number of nitrogens with zero attached hydrogens (tertiary/aromatic N) is 2. The van der Waals surface area contributed by atoms with E-state index in [9.17, 15) is 8.42 Å². The third kappa shape index (κ3) is 3.55. The number of rotatable bonds is 3. The Bertz CT molecular complexity index is 819. The van der Waals surface area contributed by atoms with Gasteiger partial charge in [0.25, 0.3) is 10.0 Å². The van der Waals surface area contributed by atoms with Crippen molar-refractivity contribution in [2.24, 2.45) is 7.05 Å². The standard InChI is InChI=1S/C13H12ClN3O3S/c1-17-13(6-7-15-17)21(19,20)16-12-9-11(14)5-4-10(12)3-2-8-18/h4-7,9,16,18H,8H2,1H3. The van der Waals surface area contributed by atoms with Crippen LogP contribution in [-0.4, -0.2) is 29.9 Å². The van der Waals surface area contributed by atoms with Gasteiger partial charge in [-0.3, -0.25) is 9.40 Å². The molecule has 1 aromatic carbocycles. The van der Waals surface area contributed by atoms with Crippen LogP contribution >= 0.6 is 11.6 Å². The topological polar surface area (TPSA) is 84.2 Å². The monoisotopic (exact) mass is 325 g/mol. The van der Waals surface area contributed by atoms with Crippen molar-refractivity contribution in [2.45, 2.75) is 5.03 Å². The first kappa shape index (κ1) is 15.4. The molecule has 21 heavy (non-hydrogen) atoms. The summed E-state index contributed by atoms with van der Waals surface area (Å²) in [6.07, 6.45) is 1.39. The van der Waals surface area contributed by atoms with E-state index in [-0.39, 0.29) is 17.3 Å². The first-order valence-corrected chi connectivity index (χ1v) is 7.70. The van der Waals surface area contributed by atoms with Gasteiger partial charge in [0.1, 0.15) is 6.61 Å². The molecule has 2 rings (SSSR count). The zero-order valence-corrected chi connectivity index (χ0v) is 12.6. The number of aromatic nitrogens is 2. The Kier molecular flexibility index (Phi) is 4.53. The largest absolute Gasteiger partial charge is 0.384 e. The number of aryl methyl sites for hydroxylation is 1. The van der Waals surface area contributed by atoms with Crippen molar-refractivity contribution in [3.05, 3.63) is 41.0 Å². The van der Waals surface area contributed by atoms with Gasteiger partial charge in [-0.2, -0.15) is 13.5 Å². The Hall–Kier alpha value is -2.01. The minimum atomic E-state index is -3.80. The highest BCUT2D eigenvalue weighted by molar-refractivity contribution is 7.92. The zero-order chi connectivity index (χ0) is 15.5. The number of anilines is 1. The third-order valence-corrected chi connectivity index (χ3v) is 4.25. The predicted molar refractivity (Wildman–Crippen MR) is 79.4 cm³/mol. The molecule has 0 aliphatic heterocycles. The van der Waals surface area contributed by atoms with Crippen molar-refractivity contribution >= 4 is 27.3 Å². The third-order valence-electron chi connectivity index (χ3n) is 2.58. The van der Waals surface area contributed by atoms with Crippen LogP contribution in [0.1, 0.15) is 5.56 Å². The fraction of sp³-hybridized carbons (Fsp3) is 0.154. The second-order valence-electron chi connectivity index (χ2n) is 4.05. The summed E-state index contributed by atoms with van der Waals surface area (Å²) < 4.78 is 28.3. The molecular weight excluding hydrogens is 314 g/mol. The normalized spacial score (nSPS) is 10.8. The minimum Gasteiger partial charge on any atom is -0.384 e. The van der Waals surface area contributed by atoms with E-state index in [1.807, 2.05) is 0 Å². The molecule has 2 aromatic rings. The van der Waals surface area contributed by atoms with Gasteiger partial charge in [-0.25, -0.2) is 0 Å². The van der Waals surface area contributed by atoms with Gasteiger partial charge in [0.2, 0.25) is 0 Å². The van der Waals surface area contributed by atoms with Crippen LogP contribution in [0.5, 0.6) is 0 Å². The highest BCUT2D eigenvalue weighted by Gasteiger charge is 2.19. The number of aliphatic hydroxyl groups is 1. The molecule has 0 amide bonds. The molecule has 0 aliphatic carbocycles. The summed E-state index contributed by atoms with van der Waals surface area (Å²) in [6.45, 7) is -0.323. The number of hydrogen-bond acceptors (Lipinski definition) is 4. The van der Waals surface area contributed by atoms with E-state index in [0.29, 0.717) is 10.6 Å². The number of benzene rings is 1. The maximum absolute atomic E-state index is 12.3. The molecule has 110 valence electrons. The van der Waals surface area contributed by atoms with Crippen molar-refractivity contribution in [3.63, 3.8) is 0 Å². The molecule has 8 heteroatoms. The van der Waals surface area contributed by atoms with Gasteiger partial charge < -0.3 is 5.11 Å². The van der Waals surface area contributed by atoms with Gasteiger partial charge in [0.15, 0.2) is 5.03 Å². The van der Waals surface area contributed by atoms with Crippen LogP contribution in [0, 0.1) is 11.8 Å². The van der Waals surface area contributed by atoms with Crippen molar-refractivity contribution in [3.8, 4) is 11.8 Å². The number of hydrogen-bond donors (Lipinski definition) is 2. The van der Waals surface area contributed by atoms with Gasteiger partial charge in [-0.15, -0.1) is 0 Å². The van der Waals surface area contributed by atoms with Crippen LogP contribution in [-0.2, 0) is 17.1 Å². The smallest absolute Gasteiger partial charge is 0.279 e. The second kappa shape index (κ2) is 6.18. The van der Waals surface area contributed by atoms with Crippen LogP contribution in [0.25, 0.3) is 0 Å². The summed E-state index contributed by atoms with van der Waals surface area (Å²) in [5.74, 6) is 5.13. The Balaban J connectivity index is 2.44. The Morgan fingerprint density at radius 3 is 2.81 bits per heavy atom. The number of aliphatic hydroxyl groups excluding tert-OH is 1. The fourth-order valence-corrected chi connectivity index (χ4v) is 3.04. The lowest BCUT2D eigenvalue weighted by Gasteiger charge is -2.10. The van der Waals surface area contributed by atoms with Crippen LogP contribution in [0.15, 0.2) is 35.5 Å². The van der Waals surface area contributed by atoms with Gasteiger partial charge in [0.05, 0.1) is 11.9 Å². The molecule has 2 N–H and O–H groups in total. The maximum Gasteiger partial charge on any atom is 0.279 e. The molecule has 0 atom stereocenters. The first-order valence-electron chi connectivity index (χ1n) is 5.84. The highest BCUT2D eigenvalue weighted by Crippen LogP contribution is 2.23. The Morgan fingerprint density at radius 2 is 2.19 bits per heavy atom. The quantitative estimate of drug-likeness (QED) is 0.831. The molecule has 0 spiro atoms. The highest BCUT2D eigenvalue weighted by atomic mass is 35.5. The second-order valence-corrected chi connectivity index (χ2v) is 6.11. The van der Waals surface area contributed by atoms with Crippen molar-refractivity contribution in [1.82, 2.24) is 9.78 Å². The summed E-state index contributed by atoms with van der Waals surface area (Å²) in [6, 6.07) is 6.00. The molecule has 1 heterocycles. The van der Waals surface area contributed by atoms with Crippen LogP contribution in [0.2, 0.25) is 5.02 Å². The van der Waals surface area contributed by atoms with Gasteiger partial charge in [-0.1, -0.05) is 23.4 Å². The predicted octanol–water partition coefficient (Wildman–Crippen LogP) is 1.22. The summed E-state index contributed by atoms with van der Waals surface area (Å²) >= 11 is 5.89. The number of halogens is 1. The number of sulfonamides is 1. The summed E-state index contributed by atoms with van der Waals surface area (Å²) in [5.41, 5.74) is 0.656. The summed E-state index contributed by atoms with van der Waals surface area (Å²) in [4.78, 5) is 0. The molecule has 0 radical (unpaired) electrons. The van der Waals surface area contributed by atoms with Crippen LogP contribution in [0.4, 0.5) is 5.69 Å². The Labute approximate surface area is 127 Å². The minimum absolute atomic E-state index is 0.0172. The fourth-order valence-electron chi connectivity index (χ4n) is 1.67. The van der Waals surface area contributed by atoms with Crippen LogP contribution < -0.4 is 4.72 Å². The summed E-state index contributed by atoms with van der Waals surface area (Å²) in [5, 5.41) is 13.0. The van der Waals surface area contributed by atoms with E-state index in [1.165, 1.54) is 30.1 Å². The molecule has 0 aliphatic rings. The van der Waals surface area contributed by atoms with Crippen molar-refractivity contribution < 1.29 is 13.5 Å². The SMILES string of the molecule is Cn1nccc1S(=O)(=O)Nc1cc(Cl)ccc1C#CCO. The lowest BCUT2D eigenvalue weighted by Crippen LogP contribution is -2.17. The molecule has 0 saturated heterocycles. The molecule has 0 bridgehead atoms. The lowest BCUT2D eigenvalue weighted by molar-refractivity contribution is 0.350. The van der Waals surface area contributed by atoms with Crippen molar-refractivity contribution in [2.75, 3.05) is 11.3 Å². The number of nitrogens with one attached hydrogen (secondary N) is 1. The molecule has 6 nitrogen and oxygen atoms in total. The summed E-state index contributed by atoms with van der Waals surface area (Å²) in [7, 11) is -2.28. The molecular formula is C13H12ClN3O3S. The van der Waals surface area contributed by atoms with E-state index >= 15 is 0 Å². The zero-order valence-electron chi connectivity index (χ0n) is 11.0. The van der Waals surface area contributed by atoms with E-state index in [0.717, 1.165) is 0 Å².